The second-order valence-electron chi connectivity index (χ2n) is 3.22. The predicted molar refractivity (Wildman–Crippen MR) is 54.2 cm³/mol. The van der Waals surface area contributed by atoms with Crippen molar-refractivity contribution in [2.24, 2.45) is 0 Å². The Balaban J connectivity index is 0.000000218. The molecule has 0 heterocycles. The van der Waals surface area contributed by atoms with Crippen molar-refractivity contribution in [3.63, 3.8) is 0 Å². The van der Waals surface area contributed by atoms with Gasteiger partial charge in [0.25, 0.3) is 14.1 Å². The van der Waals surface area contributed by atoms with E-state index in [2.05, 4.69) is 24.3 Å². The fourth-order valence-electron chi connectivity index (χ4n) is 0.478. The largest absolute Gasteiger partial charge is 0.251 e. The van der Waals surface area contributed by atoms with Crippen molar-refractivity contribution < 1.29 is 0 Å². The zero-order valence-electron chi connectivity index (χ0n) is 7.67. The molecule has 0 N–H and O–H groups in total. The molecule has 0 saturated heterocycles. The molecule has 1 radical (unpaired) electrons. The molecule has 1 aromatic rings. The molecule has 0 unspecified atom stereocenters. The molecule has 1 aromatic carbocycles. The average Bonchev–Trinajstić information content (AvgIpc) is 1.87. The Morgan fingerprint density at radius 1 is 1.00 bits per heavy atom. The zero-order chi connectivity index (χ0) is 8.69. The molecule has 0 saturated carbocycles. The van der Waals surface area contributed by atoms with Gasteiger partial charge in [0.2, 0.25) is 0 Å². The minimum atomic E-state index is -0.139. The van der Waals surface area contributed by atoms with Crippen molar-refractivity contribution in [3.05, 3.63) is 42.8 Å². The average molecular weight is 163 g/mol. The maximum Gasteiger partial charge on any atom is 0.251 e. The third-order valence-electron chi connectivity index (χ3n) is 0.843. The summed E-state index contributed by atoms with van der Waals surface area (Å²) in [6.45, 7) is 3.72. The summed E-state index contributed by atoms with van der Waals surface area (Å²) in [7, 11) is 0. The third kappa shape index (κ3) is 9.75. The smallest absolute Gasteiger partial charge is 0.106 e. The van der Waals surface area contributed by atoms with E-state index in [4.69, 9.17) is 0 Å². The molecular weight excluding hydrogens is 147 g/mol. The van der Waals surface area contributed by atoms with Gasteiger partial charge in [-0.3, -0.25) is 0 Å². The van der Waals surface area contributed by atoms with E-state index in [9.17, 15) is 0 Å². The van der Waals surface area contributed by atoms with Gasteiger partial charge in [-0.1, -0.05) is 30.3 Å². The Morgan fingerprint density at radius 3 is 1.55 bits per heavy atom. The van der Waals surface area contributed by atoms with E-state index in [-0.39, 0.29) is 14.1 Å². The van der Waals surface area contributed by atoms with E-state index in [1.54, 1.807) is 0 Å². The Hall–Kier alpha value is -0.248. The maximum atomic E-state index is 3.72. The van der Waals surface area contributed by atoms with Crippen LogP contribution in [0.3, 0.4) is 0 Å². The minimum Gasteiger partial charge on any atom is -0.106 e. The molecule has 0 nitrogen and oxygen atoms in total. The van der Waals surface area contributed by atoms with Gasteiger partial charge >= 0.3 is 0 Å². The molecule has 1 heteroatoms. The first-order chi connectivity index (χ1) is 5.13. The normalized spacial score (nSPS) is 8.00. The van der Waals surface area contributed by atoms with Gasteiger partial charge in [-0.2, -0.15) is 0 Å². The SMILES string of the molecule is [CH2]c1ccccc1.[CH3][Al]([CH3])[CH3]. The lowest BCUT2D eigenvalue weighted by Gasteiger charge is -1.82. The van der Waals surface area contributed by atoms with Crippen molar-refractivity contribution in [1.29, 1.82) is 0 Å². The molecule has 1 rings (SSSR count). The highest BCUT2D eigenvalue weighted by molar-refractivity contribution is 6.54. The first-order valence-corrected chi connectivity index (χ1v) is 7.46. The van der Waals surface area contributed by atoms with Crippen LogP contribution in [0.1, 0.15) is 5.56 Å². The highest BCUT2D eigenvalue weighted by atomic mass is 27.2. The monoisotopic (exact) mass is 163 g/mol. The van der Waals surface area contributed by atoms with E-state index in [0.29, 0.717) is 0 Å². The Morgan fingerprint density at radius 2 is 1.36 bits per heavy atom. The van der Waals surface area contributed by atoms with Gasteiger partial charge in [0, 0.05) is 0 Å². The van der Waals surface area contributed by atoms with Gasteiger partial charge in [0.15, 0.2) is 0 Å². The molecule has 0 aromatic heterocycles. The van der Waals surface area contributed by atoms with Crippen molar-refractivity contribution in [2.45, 2.75) is 17.4 Å². The molecule has 0 fully saturated rings. The summed E-state index contributed by atoms with van der Waals surface area (Å²) in [6, 6.07) is 9.87. The molecule has 59 valence electrons. The van der Waals surface area contributed by atoms with Crippen LogP contribution < -0.4 is 0 Å². The fourth-order valence-corrected chi connectivity index (χ4v) is 0.478. The quantitative estimate of drug-likeness (QED) is 0.515. The second kappa shape index (κ2) is 6.46. The number of hydrogen-bond acceptors (Lipinski definition) is 0. The van der Waals surface area contributed by atoms with Crippen LogP contribution in [0.15, 0.2) is 30.3 Å². The predicted octanol–water partition coefficient (Wildman–Crippen LogP) is 3.24. The van der Waals surface area contributed by atoms with E-state index in [1.807, 2.05) is 30.3 Å². The van der Waals surface area contributed by atoms with Gasteiger partial charge in [0.1, 0.15) is 0 Å². The lowest BCUT2D eigenvalue weighted by molar-refractivity contribution is 1.62. The summed E-state index contributed by atoms with van der Waals surface area (Å²) in [5, 5.41) is 0. The van der Waals surface area contributed by atoms with E-state index in [0.717, 1.165) is 5.56 Å². The summed E-state index contributed by atoms with van der Waals surface area (Å²) >= 11 is -0.139. The van der Waals surface area contributed by atoms with Crippen LogP contribution in [-0.2, 0) is 0 Å². The lowest BCUT2D eigenvalue weighted by Crippen LogP contribution is -1.84. The van der Waals surface area contributed by atoms with E-state index in [1.165, 1.54) is 0 Å². The van der Waals surface area contributed by atoms with E-state index >= 15 is 0 Å². The van der Waals surface area contributed by atoms with Gasteiger partial charge in [0.05, 0.1) is 0 Å². The topological polar surface area (TPSA) is 0 Å². The van der Waals surface area contributed by atoms with E-state index < -0.39 is 0 Å². The van der Waals surface area contributed by atoms with Gasteiger partial charge in [-0.15, -0.1) is 17.4 Å². The van der Waals surface area contributed by atoms with Crippen LogP contribution in [0.25, 0.3) is 0 Å². The molecule has 0 aliphatic heterocycles. The second-order valence-corrected chi connectivity index (χ2v) is 6.68. The van der Waals surface area contributed by atoms with Crippen molar-refractivity contribution in [3.8, 4) is 0 Å². The van der Waals surface area contributed by atoms with Gasteiger partial charge in [-0.05, 0) is 12.5 Å². The van der Waals surface area contributed by atoms with Crippen LogP contribution in [0.4, 0.5) is 0 Å². The summed E-state index contributed by atoms with van der Waals surface area (Å²) in [6.07, 6.45) is 0. The third-order valence-corrected chi connectivity index (χ3v) is 0.843. The molecule has 0 atom stereocenters. The molecule has 0 amide bonds. The van der Waals surface area contributed by atoms with Crippen LogP contribution in [0.2, 0.25) is 17.4 Å². The maximum absolute atomic E-state index is 3.72. The summed E-state index contributed by atoms with van der Waals surface area (Å²) in [5.41, 5.74) is 1.07. The van der Waals surface area contributed by atoms with Crippen molar-refractivity contribution in [2.75, 3.05) is 0 Å². The van der Waals surface area contributed by atoms with Crippen LogP contribution >= 0.6 is 0 Å². The summed E-state index contributed by atoms with van der Waals surface area (Å²) in [4.78, 5) is 0. The summed E-state index contributed by atoms with van der Waals surface area (Å²) < 4.78 is 0. The molecule has 11 heavy (non-hydrogen) atoms. The number of hydrogen-bond donors (Lipinski definition) is 0. The first kappa shape index (κ1) is 10.8. The number of benzene rings is 1. The highest BCUT2D eigenvalue weighted by Crippen LogP contribution is 1.92. The zero-order valence-corrected chi connectivity index (χ0v) is 8.83. The Labute approximate surface area is 74.6 Å². The van der Waals surface area contributed by atoms with Crippen LogP contribution in [0.5, 0.6) is 0 Å². The van der Waals surface area contributed by atoms with Gasteiger partial charge in [-0.25, -0.2) is 0 Å². The van der Waals surface area contributed by atoms with Crippen molar-refractivity contribution >= 4 is 14.1 Å². The molecule has 0 aliphatic carbocycles. The highest BCUT2D eigenvalue weighted by Gasteiger charge is 1.81. The van der Waals surface area contributed by atoms with Crippen LogP contribution in [-0.4, -0.2) is 14.1 Å². The van der Waals surface area contributed by atoms with Crippen molar-refractivity contribution in [1.82, 2.24) is 0 Å². The molecule has 0 spiro atoms. The summed E-state index contributed by atoms with van der Waals surface area (Å²) in [5.74, 6) is 6.92. The Bertz CT molecular complexity index is 165. The standard InChI is InChI=1S/C7H7.3CH3.Al/c1-7-5-3-2-4-6-7;;;;/h2-6H,1H2;3*1H3;. The first-order valence-electron chi connectivity index (χ1n) is 4.00. The minimum absolute atomic E-state index is 0.139. The van der Waals surface area contributed by atoms with Gasteiger partial charge < -0.3 is 0 Å². The number of rotatable bonds is 0. The van der Waals surface area contributed by atoms with Crippen LogP contribution in [0, 0.1) is 6.92 Å². The fraction of sp³-hybridized carbons (Fsp3) is 0.300. The lowest BCUT2D eigenvalue weighted by atomic mass is 10.2. The Kier molecular flexibility index (Phi) is 6.32. The molecule has 0 bridgehead atoms. The molecule has 0 aliphatic rings. The molecular formula is C10H16Al.